The van der Waals surface area contributed by atoms with E-state index in [2.05, 4.69) is 18.8 Å². The highest BCUT2D eigenvalue weighted by molar-refractivity contribution is 5.91. The third kappa shape index (κ3) is 2.65. The summed E-state index contributed by atoms with van der Waals surface area (Å²) in [4.78, 5) is 3.36. The smallest absolute Gasteiger partial charge is 0.161 e. The Hall–Kier alpha value is -2.49. The van der Waals surface area contributed by atoms with Crippen molar-refractivity contribution >= 4 is 10.9 Å². The highest BCUT2D eigenvalue weighted by Gasteiger charge is 2.17. The molecule has 1 heterocycles. The van der Waals surface area contributed by atoms with Gasteiger partial charge in [-0.1, -0.05) is 13.8 Å². The molecule has 0 unspecified atom stereocenters. The molecular formula is C19H20FNO2. The van der Waals surface area contributed by atoms with Crippen molar-refractivity contribution in [1.82, 2.24) is 4.98 Å². The second kappa shape index (κ2) is 5.95. The molecule has 0 amide bonds. The van der Waals surface area contributed by atoms with Crippen LogP contribution < -0.4 is 9.47 Å². The molecule has 0 fully saturated rings. The topological polar surface area (TPSA) is 34.2 Å². The largest absolute Gasteiger partial charge is 0.493 e. The lowest BCUT2D eigenvalue weighted by atomic mass is 9.96. The van der Waals surface area contributed by atoms with Crippen molar-refractivity contribution in [2.24, 2.45) is 0 Å². The van der Waals surface area contributed by atoms with Crippen LogP contribution in [0, 0.1) is 5.82 Å². The standard InChI is InChI=1S/C19H20FNO2/c1-11(2)18-14-7-6-13(20)10-15(14)21-19(18)12-5-8-16(22-3)17(9-12)23-4/h5-11,21H,1-4H3. The number of H-pyrrole nitrogens is 1. The first kappa shape index (κ1) is 15.4. The molecule has 1 N–H and O–H groups in total. The summed E-state index contributed by atoms with van der Waals surface area (Å²) in [5.74, 6) is 1.42. The van der Waals surface area contributed by atoms with Crippen molar-refractivity contribution in [1.29, 1.82) is 0 Å². The molecule has 0 aliphatic rings. The van der Waals surface area contributed by atoms with Crippen LogP contribution in [-0.2, 0) is 0 Å². The van der Waals surface area contributed by atoms with Crippen molar-refractivity contribution in [3.8, 4) is 22.8 Å². The number of hydrogen-bond donors (Lipinski definition) is 1. The maximum absolute atomic E-state index is 13.5. The molecule has 1 aromatic heterocycles. The van der Waals surface area contributed by atoms with Gasteiger partial charge in [-0.15, -0.1) is 0 Å². The third-order valence-corrected chi connectivity index (χ3v) is 4.05. The van der Waals surface area contributed by atoms with E-state index >= 15 is 0 Å². The van der Waals surface area contributed by atoms with E-state index in [1.165, 1.54) is 17.7 Å². The minimum absolute atomic E-state index is 0.243. The van der Waals surface area contributed by atoms with Gasteiger partial charge in [0, 0.05) is 16.5 Å². The lowest BCUT2D eigenvalue weighted by Gasteiger charge is -2.12. The van der Waals surface area contributed by atoms with E-state index in [9.17, 15) is 4.39 Å². The van der Waals surface area contributed by atoms with E-state index in [0.717, 1.165) is 22.2 Å². The minimum Gasteiger partial charge on any atom is -0.493 e. The first-order valence-corrected chi connectivity index (χ1v) is 7.58. The van der Waals surface area contributed by atoms with Crippen molar-refractivity contribution in [2.45, 2.75) is 19.8 Å². The molecule has 0 saturated heterocycles. The third-order valence-electron chi connectivity index (χ3n) is 4.05. The van der Waals surface area contributed by atoms with Gasteiger partial charge in [0.2, 0.25) is 0 Å². The summed E-state index contributed by atoms with van der Waals surface area (Å²) in [5.41, 5.74) is 3.95. The molecule has 120 valence electrons. The molecule has 0 bridgehead atoms. The van der Waals surface area contributed by atoms with Crippen LogP contribution in [0.15, 0.2) is 36.4 Å². The van der Waals surface area contributed by atoms with Gasteiger partial charge in [0.25, 0.3) is 0 Å². The molecule has 0 atom stereocenters. The first-order valence-electron chi connectivity index (χ1n) is 7.58. The zero-order chi connectivity index (χ0) is 16.6. The van der Waals surface area contributed by atoms with Gasteiger partial charge in [-0.05, 0) is 47.9 Å². The van der Waals surface area contributed by atoms with Crippen molar-refractivity contribution < 1.29 is 13.9 Å². The molecule has 2 aromatic carbocycles. The van der Waals surface area contributed by atoms with Gasteiger partial charge in [-0.3, -0.25) is 0 Å². The normalized spacial score (nSPS) is 11.2. The highest BCUT2D eigenvalue weighted by atomic mass is 19.1. The van der Waals surface area contributed by atoms with E-state index in [1.54, 1.807) is 14.2 Å². The average molecular weight is 313 g/mol. The van der Waals surface area contributed by atoms with Gasteiger partial charge in [-0.25, -0.2) is 4.39 Å². The molecule has 0 radical (unpaired) electrons. The summed E-state index contributed by atoms with van der Waals surface area (Å²) < 4.78 is 24.2. The summed E-state index contributed by atoms with van der Waals surface area (Å²) in [6.07, 6.45) is 0. The number of aromatic nitrogens is 1. The van der Waals surface area contributed by atoms with Crippen molar-refractivity contribution in [2.75, 3.05) is 14.2 Å². The summed E-state index contributed by atoms with van der Waals surface area (Å²) in [5, 5.41) is 1.05. The van der Waals surface area contributed by atoms with Crippen molar-refractivity contribution in [3.05, 3.63) is 47.8 Å². The number of benzene rings is 2. The van der Waals surface area contributed by atoms with Crippen LogP contribution in [0.1, 0.15) is 25.3 Å². The quantitative estimate of drug-likeness (QED) is 0.726. The number of hydrogen-bond acceptors (Lipinski definition) is 2. The van der Waals surface area contributed by atoms with E-state index in [4.69, 9.17) is 9.47 Å². The zero-order valence-electron chi connectivity index (χ0n) is 13.7. The molecule has 0 aliphatic heterocycles. The van der Waals surface area contributed by atoms with E-state index in [0.29, 0.717) is 17.4 Å². The summed E-state index contributed by atoms with van der Waals surface area (Å²) in [6.45, 7) is 4.27. The first-order chi connectivity index (χ1) is 11.0. The second-order valence-electron chi connectivity index (χ2n) is 5.83. The Kier molecular flexibility index (Phi) is 3.99. The fourth-order valence-electron chi connectivity index (χ4n) is 3.01. The van der Waals surface area contributed by atoms with Crippen LogP contribution in [0.25, 0.3) is 22.2 Å². The van der Waals surface area contributed by atoms with Crippen LogP contribution in [0.4, 0.5) is 4.39 Å². The number of ether oxygens (including phenoxy) is 2. The van der Waals surface area contributed by atoms with Crippen LogP contribution in [0.3, 0.4) is 0 Å². The molecule has 0 aliphatic carbocycles. The number of rotatable bonds is 4. The molecule has 4 heteroatoms. The Morgan fingerprint density at radius 3 is 2.35 bits per heavy atom. The molecule has 3 nitrogen and oxygen atoms in total. The molecule has 3 aromatic rings. The molecule has 0 saturated carbocycles. The molecule has 23 heavy (non-hydrogen) atoms. The number of aromatic amines is 1. The van der Waals surface area contributed by atoms with Gasteiger partial charge in [-0.2, -0.15) is 0 Å². The number of nitrogens with one attached hydrogen (secondary N) is 1. The van der Waals surface area contributed by atoms with Crippen LogP contribution >= 0.6 is 0 Å². The monoisotopic (exact) mass is 313 g/mol. The fraction of sp³-hybridized carbons (Fsp3) is 0.263. The lowest BCUT2D eigenvalue weighted by Crippen LogP contribution is -1.93. The van der Waals surface area contributed by atoms with Gasteiger partial charge in [0.15, 0.2) is 11.5 Å². The molecule has 3 rings (SSSR count). The number of fused-ring (bicyclic) bond motifs is 1. The highest BCUT2D eigenvalue weighted by Crippen LogP contribution is 2.38. The Balaban J connectivity index is 2.25. The SMILES string of the molecule is COc1ccc(-c2[nH]c3cc(F)ccc3c2C(C)C)cc1OC. The lowest BCUT2D eigenvalue weighted by molar-refractivity contribution is 0.355. The minimum atomic E-state index is -0.243. The molecule has 0 spiro atoms. The number of halogens is 1. The van der Waals surface area contributed by atoms with Crippen LogP contribution in [0.2, 0.25) is 0 Å². The van der Waals surface area contributed by atoms with Gasteiger partial charge in [0.1, 0.15) is 5.82 Å². The van der Waals surface area contributed by atoms with Crippen LogP contribution in [0.5, 0.6) is 11.5 Å². The van der Waals surface area contributed by atoms with Gasteiger partial charge in [0.05, 0.1) is 19.9 Å². The van der Waals surface area contributed by atoms with E-state index in [1.807, 2.05) is 24.3 Å². The molecular weight excluding hydrogens is 293 g/mol. The van der Waals surface area contributed by atoms with E-state index < -0.39 is 0 Å². The number of methoxy groups -OCH3 is 2. The van der Waals surface area contributed by atoms with E-state index in [-0.39, 0.29) is 5.82 Å². The Morgan fingerprint density at radius 1 is 0.957 bits per heavy atom. The predicted molar refractivity (Wildman–Crippen MR) is 90.9 cm³/mol. The summed E-state index contributed by atoms with van der Waals surface area (Å²) in [6, 6.07) is 10.7. The average Bonchev–Trinajstić information content (AvgIpc) is 2.92. The summed E-state index contributed by atoms with van der Waals surface area (Å²) >= 11 is 0. The van der Waals surface area contributed by atoms with Gasteiger partial charge >= 0.3 is 0 Å². The Morgan fingerprint density at radius 2 is 1.70 bits per heavy atom. The second-order valence-corrected chi connectivity index (χ2v) is 5.83. The predicted octanol–water partition coefficient (Wildman–Crippen LogP) is 5.11. The fourth-order valence-corrected chi connectivity index (χ4v) is 3.01. The maximum Gasteiger partial charge on any atom is 0.161 e. The van der Waals surface area contributed by atoms with Crippen LogP contribution in [-0.4, -0.2) is 19.2 Å². The maximum atomic E-state index is 13.5. The zero-order valence-corrected chi connectivity index (χ0v) is 13.7. The Bertz CT molecular complexity index is 852. The van der Waals surface area contributed by atoms with Crippen molar-refractivity contribution in [3.63, 3.8) is 0 Å². The summed E-state index contributed by atoms with van der Waals surface area (Å²) in [7, 11) is 3.23. The van der Waals surface area contributed by atoms with Gasteiger partial charge < -0.3 is 14.5 Å². The Labute approximate surface area is 135 Å².